The summed E-state index contributed by atoms with van der Waals surface area (Å²) in [5.74, 6) is 0.831. The Morgan fingerprint density at radius 3 is 2.87 bits per heavy atom. The van der Waals surface area contributed by atoms with E-state index in [1.807, 2.05) is 30.3 Å². The van der Waals surface area contributed by atoms with Crippen LogP contribution in [0.4, 0.5) is 5.82 Å². The molecular formula is C10H7BrN4. The van der Waals surface area contributed by atoms with E-state index in [4.69, 9.17) is 11.0 Å². The van der Waals surface area contributed by atoms with Crippen LogP contribution in [-0.2, 0) is 0 Å². The second-order valence-corrected chi connectivity index (χ2v) is 3.88. The third-order valence-corrected chi connectivity index (χ3v) is 2.43. The molecule has 74 valence electrons. The van der Waals surface area contributed by atoms with Crippen LogP contribution in [0.1, 0.15) is 5.69 Å². The quantitative estimate of drug-likeness (QED) is 0.828. The van der Waals surface area contributed by atoms with E-state index in [0.717, 1.165) is 10.0 Å². The van der Waals surface area contributed by atoms with Gasteiger partial charge in [0.15, 0.2) is 11.5 Å². The van der Waals surface area contributed by atoms with Gasteiger partial charge in [-0.05, 0) is 12.1 Å². The summed E-state index contributed by atoms with van der Waals surface area (Å²) in [6.07, 6.45) is 0. The third kappa shape index (κ3) is 1.85. The van der Waals surface area contributed by atoms with Gasteiger partial charge in [-0.15, -0.1) is 0 Å². The van der Waals surface area contributed by atoms with Crippen molar-refractivity contribution in [3.05, 3.63) is 34.4 Å². The molecular weight excluding hydrogens is 256 g/mol. The van der Waals surface area contributed by atoms with Crippen molar-refractivity contribution in [1.82, 2.24) is 9.97 Å². The minimum atomic E-state index is 0.229. The van der Waals surface area contributed by atoms with Crippen molar-refractivity contribution >= 4 is 21.7 Å². The van der Waals surface area contributed by atoms with Crippen LogP contribution in [0.3, 0.4) is 0 Å². The van der Waals surface area contributed by atoms with Gasteiger partial charge in [-0.3, -0.25) is 0 Å². The minimum Gasteiger partial charge on any atom is -0.381 e. The standard InChI is InChI=1S/C10H7BrN4/c11-7-3-1-2-6(4-7)10-14-8(5-12)9(13)15-10/h1-4H,13H2,(H,14,15). The highest BCUT2D eigenvalue weighted by molar-refractivity contribution is 9.10. The summed E-state index contributed by atoms with van der Waals surface area (Å²) < 4.78 is 0.952. The molecule has 0 aliphatic carbocycles. The lowest BCUT2D eigenvalue weighted by Gasteiger charge is -1.96. The predicted molar refractivity (Wildman–Crippen MR) is 60.9 cm³/mol. The molecule has 0 atom stereocenters. The van der Waals surface area contributed by atoms with Crippen molar-refractivity contribution in [3.63, 3.8) is 0 Å². The lowest BCUT2D eigenvalue weighted by atomic mass is 10.2. The number of nitrogens with one attached hydrogen (secondary N) is 1. The van der Waals surface area contributed by atoms with Crippen molar-refractivity contribution in [2.45, 2.75) is 0 Å². The van der Waals surface area contributed by atoms with Gasteiger partial charge in [0.1, 0.15) is 11.9 Å². The van der Waals surface area contributed by atoms with Crippen molar-refractivity contribution in [3.8, 4) is 17.5 Å². The van der Waals surface area contributed by atoms with Crippen molar-refractivity contribution in [1.29, 1.82) is 5.26 Å². The van der Waals surface area contributed by atoms with E-state index in [-0.39, 0.29) is 5.82 Å². The zero-order valence-corrected chi connectivity index (χ0v) is 9.25. The van der Waals surface area contributed by atoms with Crippen LogP contribution in [0, 0.1) is 11.3 Å². The second-order valence-electron chi connectivity index (χ2n) is 2.97. The molecule has 2 rings (SSSR count). The van der Waals surface area contributed by atoms with Crippen LogP contribution in [0.2, 0.25) is 0 Å². The van der Waals surface area contributed by atoms with Crippen molar-refractivity contribution in [2.24, 2.45) is 0 Å². The Balaban J connectivity index is 2.51. The van der Waals surface area contributed by atoms with Crippen LogP contribution >= 0.6 is 15.9 Å². The molecule has 15 heavy (non-hydrogen) atoms. The highest BCUT2D eigenvalue weighted by atomic mass is 79.9. The predicted octanol–water partition coefficient (Wildman–Crippen LogP) is 2.29. The van der Waals surface area contributed by atoms with Gasteiger partial charge in [-0.2, -0.15) is 5.26 Å². The normalized spacial score (nSPS) is 9.87. The summed E-state index contributed by atoms with van der Waals surface area (Å²) in [6, 6.07) is 9.55. The van der Waals surface area contributed by atoms with Crippen LogP contribution < -0.4 is 5.73 Å². The molecule has 0 amide bonds. The fourth-order valence-electron chi connectivity index (χ4n) is 1.24. The number of aromatic nitrogens is 2. The summed E-state index contributed by atoms with van der Waals surface area (Å²) in [5.41, 5.74) is 6.73. The molecule has 0 saturated carbocycles. The number of hydrogen-bond donors (Lipinski definition) is 2. The molecule has 0 fully saturated rings. The number of rotatable bonds is 1. The smallest absolute Gasteiger partial charge is 0.161 e. The van der Waals surface area contributed by atoms with E-state index in [1.165, 1.54) is 0 Å². The molecule has 3 N–H and O–H groups in total. The van der Waals surface area contributed by atoms with Crippen molar-refractivity contribution < 1.29 is 0 Å². The number of H-pyrrole nitrogens is 1. The summed E-state index contributed by atoms with van der Waals surface area (Å²) in [4.78, 5) is 6.93. The molecule has 1 heterocycles. The van der Waals surface area contributed by atoms with Gasteiger partial charge in [-0.1, -0.05) is 28.1 Å². The van der Waals surface area contributed by atoms with Gasteiger partial charge >= 0.3 is 0 Å². The molecule has 0 spiro atoms. The molecule has 4 nitrogen and oxygen atoms in total. The number of nitriles is 1. The molecule has 1 aromatic heterocycles. The van der Waals surface area contributed by atoms with Crippen LogP contribution in [0.25, 0.3) is 11.4 Å². The first kappa shape index (κ1) is 9.74. The van der Waals surface area contributed by atoms with Crippen LogP contribution in [-0.4, -0.2) is 9.97 Å². The van der Waals surface area contributed by atoms with E-state index < -0.39 is 0 Å². The fourth-order valence-corrected chi connectivity index (χ4v) is 1.64. The van der Waals surface area contributed by atoms with Gasteiger partial charge in [0, 0.05) is 10.0 Å². The zero-order valence-electron chi connectivity index (χ0n) is 7.66. The van der Waals surface area contributed by atoms with Crippen molar-refractivity contribution in [2.75, 3.05) is 5.73 Å². The first-order valence-corrected chi connectivity index (χ1v) is 5.01. The number of hydrogen-bond acceptors (Lipinski definition) is 3. The van der Waals surface area contributed by atoms with E-state index >= 15 is 0 Å². The van der Waals surface area contributed by atoms with Gasteiger partial charge in [0.25, 0.3) is 0 Å². The minimum absolute atomic E-state index is 0.229. The molecule has 0 unspecified atom stereocenters. The molecule has 0 aliphatic rings. The Morgan fingerprint density at radius 1 is 1.47 bits per heavy atom. The molecule has 5 heteroatoms. The maximum Gasteiger partial charge on any atom is 0.161 e. The maximum atomic E-state index is 8.72. The van der Waals surface area contributed by atoms with E-state index in [9.17, 15) is 0 Å². The average Bonchev–Trinajstić information content (AvgIpc) is 2.60. The van der Waals surface area contributed by atoms with Crippen LogP contribution in [0.15, 0.2) is 28.7 Å². The summed E-state index contributed by atoms with van der Waals surface area (Å²) >= 11 is 3.36. The van der Waals surface area contributed by atoms with E-state index in [1.54, 1.807) is 0 Å². The lowest BCUT2D eigenvalue weighted by Crippen LogP contribution is -1.86. The highest BCUT2D eigenvalue weighted by Gasteiger charge is 2.08. The number of imidazole rings is 1. The summed E-state index contributed by atoms with van der Waals surface area (Å²) in [7, 11) is 0. The maximum absolute atomic E-state index is 8.72. The Labute approximate surface area is 94.9 Å². The Kier molecular flexibility index (Phi) is 2.44. The highest BCUT2D eigenvalue weighted by Crippen LogP contribution is 2.22. The molecule has 0 bridgehead atoms. The molecule has 0 radical (unpaired) electrons. The largest absolute Gasteiger partial charge is 0.381 e. The Hall–Kier alpha value is -1.80. The number of halogens is 1. The number of aromatic amines is 1. The topological polar surface area (TPSA) is 78.5 Å². The third-order valence-electron chi connectivity index (χ3n) is 1.94. The Bertz CT molecular complexity index is 539. The molecule has 1 aromatic carbocycles. The second kappa shape index (κ2) is 3.75. The van der Waals surface area contributed by atoms with Gasteiger partial charge in [-0.25, -0.2) is 4.98 Å². The number of benzene rings is 1. The monoisotopic (exact) mass is 262 g/mol. The number of nitrogens with zero attached hydrogens (tertiary/aromatic N) is 2. The first-order chi connectivity index (χ1) is 7.20. The number of anilines is 1. The number of nitrogen functional groups attached to an aromatic ring is 1. The Morgan fingerprint density at radius 2 is 2.27 bits per heavy atom. The van der Waals surface area contributed by atoms with Crippen LogP contribution in [0.5, 0.6) is 0 Å². The lowest BCUT2D eigenvalue weighted by molar-refractivity contribution is 1.29. The molecule has 0 saturated heterocycles. The summed E-state index contributed by atoms with van der Waals surface area (Å²) in [5, 5.41) is 8.72. The zero-order chi connectivity index (χ0) is 10.8. The fraction of sp³-hybridized carbons (Fsp3) is 0. The van der Waals surface area contributed by atoms with E-state index in [2.05, 4.69) is 25.9 Å². The first-order valence-electron chi connectivity index (χ1n) is 4.22. The molecule has 0 aliphatic heterocycles. The van der Waals surface area contributed by atoms with Gasteiger partial charge in [0.2, 0.25) is 0 Å². The summed E-state index contributed by atoms with van der Waals surface area (Å²) in [6.45, 7) is 0. The van der Waals surface area contributed by atoms with Gasteiger partial charge < -0.3 is 10.7 Å². The van der Waals surface area contributed by atoms with E-state index in [0.29, 0.717) is 11.5 Å². The average molecular weight is 263 g/mol. The van der Waals surface area contributed by atoms with Gasteiger partial charge in [0.05, 0.1) is 0 Å². The number of nitrogens with two attached hydrogens (primary N) is 1. The molecule has 2 aromatic rings. The SMILES string of the molecule is N#Cc1[nH]c(-c2cccc(Br)c2)nc1N.